The van der Waals surface area contributed by atoms with E-state index >= 15 is 0 Å². The molecule has 1 aliphatic rings. The van der Waals surface area contributed by atoms with Crippen molar-refractivity contribution in [1.82, 2.24) is 15.0 Å². The molecule has 0 spiro atoms. The average Bonchev–Trinajstić information content (AvgIpc) is 2.87. The summed E-state index contributed by atoms with van der Waals surface area (Å²) in [4.78, 5) is 23.4. The minimum atomic E-state index is -4.83. The number of ether oxygens (including phenoxy) is 1. The third kappa shape index (κ3) is 7.66. The molecule has 1 fully saturated rings. The van der Waals surface area contributed by atoms with Crippen LogP contribution in [0.15, 0.2) is 54.9 Å². The SMILES string of the molecule is O=[N+]([O-])c1cnc(NCc2ccccc2OC(F)(F)F)nc1NC[C@H]1CC[C@H](Nc2ccccn2)CC1. The van der Waals surface area contributed by atoms with E-state index in [1.165, 1.54) is 18.2 Å². The number of hydrogen-bond acceptors (Lipinski definition) is 9. The Morgan fingerprint density at radius 3 is 2.49 bits per heavy atom. The van der Waals surface area contributed by atoms with Gasteiger partial charge in [0.1, 0.15) is 17.8 Å². The molecule has 4 rings (SSSR count). The minimum Gasteiger partial charge on any atom is -0.405 e. The zero-order valence-corrected chi connectivity index (χ0v) is 19.7. The summed E-state index contributed by atoms with van der Waals surface area (Å²) in [5.41, 5.74) is -0.0516. The lowest BCUT2D eigenvalue weighted by Crippen LogP contribution is -2.29. The van der Waals surface area contributed by atoms with Gasteiger partial charge in [0, 0.05) is 30.9 Å². The number of nitrogens with one attached hydrogen (secondary N) is 3. The minimum absolute atomic E-state index is 0.0400. The molecule has 10 nitrogen and oxygen atoms in total. The van der Waals surface area contributed by atoms with E-state index in [-0.39, 0.29) is 35.3 Å². The number of benzene rings is 1. The Hall–Kier alpha value is -4.16. The molecule has 0 unspecified atom stereocenters. The normalized spacial score (nSPS) is 17.6. The molecule has 2 aromatic heterocycles. The van der Waals surface area contributed by atoms with Crippen molar-refractivity contribution < 1.29 is 22.8 Å². The van der Waals surface area contributed by atoms with Crippen molar-refractivity contribution in [3.8, 4) is 5.75 Å². The van der Waals surface area contributed by atoms with E-state index in [1.807, 2.05) is 18.2 Å². The summed E-state index contributed by atoms with van der Waals surface area (Å²) >= 11 is 0. The summed E-state index contributed by atoms with van der Waals surface area (Å²) in [7, 11) is 0. The first-order chi connectivity index (χ1) is 17.8. The second kappa shape index (κ2) is 11.7. The number of pyridine rings is 1. The lowest BCUT2D eigenvalue weighted by Gasteiger charge is -2.29. The smallest absolute Gasteiger partial charge is 0.405 e. The van der Waals surface area contributed by atoms with Crippen LogP contribution in [0.3, 0.4) is 0 Å². The number of nitrogens with zero attached hydrogens (tertiary/aromatic N) is 4. The van der Waals surface area contributed by atoms with Crippen molar-refractivity contribution in [3.05, 3.63) is 70.5 Å². The van der Waals surface area contributed by atoms with Gasteiger partial charge in [0.25, 0.3) is 0 Å². The number of aromatic nitrogens is 3. The number of nitro groups is 1. The first kappa shape index (κ1) is 25.9. The summed E-state index contributed by atoms with van der Waals surface area (Å²) < 4.78 is 42.1. The number of hydrogen-bond donors (Lipinski definition) is 3. The average molecular weight is 518 g/mol. The van der Waals surface area contributed by atoms with E-state index in [0.717, 1.165) is 37.7 Å². The molecular formula is C24H26F3N7O3. The maximum Gasteiger partial charge on any atom is 0.573 e. The van der Waals surface area contributed by atoms with E-state index in [4.69, 9.17) is 0 Å². The van der Waals surface area contributed by atoms with Gasteiger partial charge in [-0.05, 0) is 49.8 Å². The lowest BCUT2D eigenvalue weighted by molar-refractivity contribution is -0.384. The molecule has 0 bridgehead atoms. The van der Waals surface area contributed by atoms with Crippen LogP contribution in [0.1, 0.15) is 31.2 Å². The largest absolute Gasteiger partial charge is 0.573 e. The predicted molar refractivity (Wildman–Crippen MR) is 131 cm³/mol. The molecule has 0 saturated heterocycles. The highest BCUT2D eigenvalue weighted by atomic mass is 19.4. The Morgan fingerprint density at radius 1 is 1.03 bits per heavy atom. The van der Waals surface area contributed by atoms with Crippen molar-refractivity contribution in [3.63, 3.8) is 0 Å². The molecule has 1 saturated carbocycles. The zero-order chi connectivity index (χ0) is 26.3. The molecule has 37 heavy (non-hydrogen) atoms. The summed E-state index contributed by atoms with van der Waals surface area (Å²) in [6.45, 7) is 0.423. The number of alkyl halides is 3. The first-order valence-electron chi connectivity index (χ1n) is 11.8. The Bertz CT molecular complexity index is 1190. The van der Waals surface area contributed by atoms with Crippen molar-refractivity contribution >= 4 is 23.3 Å². The fraction of sp³-hybridized carbons (Fsp3) is 0.375. The highest BCUT2D eigenvalue weighted by Crippen LogP contribution is 2.29. The topological polar surface area (TPSA) is 127 Å². The number of halogens is 3. The highest BCUT2D eigenvalue weighted by Gasteiger charge is 2.32. The van der Waals surface area contributed by atoms with Gasteiger partial charge in [-0.1, -0.05) is 24.3 Å². The molecule has 0 aliphatic heterocycles. The Labute approximate surface area is 210 Å². The third-order valence-electron chi connectivity index (χ3n) is 6.02. The van der Waals surface area contributed by atoms with E-state index < -0.39 is 11.3 Å². The maximum atomic E-state index is 12.7. The monoisotopic (exact) mass is 517 g/mol. The number of para-hydroxylation sites is 1. The fourth-order valence-electron chi connectivity index (χ4n) is 4.18. The molecule has 0 radical (unpaired) electrons. The van der Waals surface area contributed by atoms with E-state index in [9.17, 15) is 23.3 Å². The van der Waals surface area contributed by atoms with Crippen molar-refractivity contribution in [2.24, 2.45) is 5.92 Å². The van der Waals surface area contributed by atoms with Crippen LogP contribution >= 0.6 is 0 Å². The second-order valence-corrected chi connectivity index (χ2v) is 8.65. The Kier molecular flexibility index (Phi) is 8.21. The van der Waals surface area contributed by atoms with E-state index in [2.05, 4.69) is 35.6 Å². The molecule has 196 valence electrons. The van der Waals surface area contributed by atoms with Gasteiger partial charge >= 0.3 is 12.0 Å². The van der Waals surface area contributed by atoms with Crippen LogP contribution in [-0.2, 0) is 6.54 Å². The maximum absolute atomic E-state index is 12.7. The number of anilines is 3. The quantitative estimate of drug-likeness (QED) is 0.240. The van der Waals surface area contributed by atoms with Crippen LogP contribution in [0.4, 0.5) is 36.4 Å². The van der Waals surface area contributed by atoms with Crippen LogP contribution in [0.25, 0.3) is 0 Å². The Balaban J connectivity index is 1.34. The van der Waals surface area contributed by atoms with Crippen molar-refractivity contribution in [2.45, 2.75) is 44.6 Å². The zero-order valence-electron chi connectivity index (χ0n) is 19.7. The molecule has 1 aromatic carbocycles. The van der Waals surface area contributed by atoms with Gasteiger partial charge < -0.3 is 20.7 Å². The third-order valence-corrected chi connectivity index (χ3v) is 6.02. The van der Waals surface area contributed by atoms with E-state index in [1.54, 1.807) is 12.3 Å². The second-order valence-electron chi connectivity index (χ2n) is 8.65. The van der Waals surface area contributed by atoms with Gasteiger partial charge in [-0.3, -0.25) is 10.1 Å². The van der Waals surface area contributed by atoms with Gasteiger partial charge in [0.2, 0.25) is 11.8 Å². The van der Waals surface area contributed by atoms with Gasteiger partial charge in [-0.15, -0.1) is 13.2 Å². The molecule has 3 N–H and O–H groups in total. The van der Waals surface area contributed by atoms with Crippen LogP contribution in [-0.4, -0.2) is 38.8 Å². The Morgan fingerprint density at radius 2 is 1.78 bits per heavy atom. The molecule has 0 atom stereocenters. The first-order valence-corrected chi connectivity index (χ1v) is 11.8. The van der Waals surface area contributed by atoms with Crippen LogP contribution in [0.2, 0.25) is 0 Å². The molecule has 0 amide bonds. The predicted octanol–water partition coefficient (Wildman–Crippen LogP) is 5.37. The highest BCUT2D eigenvalue weighted by molar-refractivity contribution is 5.57. The van der Waals surface area contributed by atoms with Gasteiger partial charge in [-0.25, -0.2) is 9.97 Å². The molecule has 1 aliphatic carbocycles. The van der Waals surface area contributed by atoms with Crippen molar-refractivity contribution in [2.75, 3.05) is 22.5 Å². The van der Waals surface area contributed by atoms with Gasteiger partial charge in [0.15, 0.2) is 0 Å². The molecular weight excluding hydrogens is 491 g/mol. The molecule has 13 heteroatoms. The molecule has 3 aromatic rings. The molecule has 2 heterocycles. The number of rotatable bonds is 10. The van der Waals surface area contributed by atoms with Crippen molar-refractivity contribution in [1.29, 1.82) is 0 Å². The van der Waals surface area contributed by atoms with Crippen LogP contribution in [0.5, 0.6) is 5.75 Å². The van der Waals surface area contributed by atoms with Gasteiger partial charge in [0.05, 0.1) is 4.92 Å². The lowest BCUT2D eigenvalue weighted by atomic mass is 9.86. The summed E-state index contributed by atoms with van der Waals surface area (Å²) in [5.74, 6) is 0.887. The van der Waals surface area contributed by atoms with Gasteiger partial charge in [-0.2, -0.15) is 4.98 Å². The summed E-state index contributed by atoms with van der Waals surface area (Å²) in [6.07, 6.45) is 1.73. The standard InChI is InChI=1S/C24H26F3N7O3/c25-24(26,27)37-20-6-2-1-5-17(20)14-30-23-31-15-19(34(35)36)22(33-23)29-13-16-8-10-18(11-9-16)32-21-7-3-4-12-28-21/h1-7,12,15-16,18H,8-11,13-14H2,(H,28,32)(H2,29,30,31,33)/t16-,18-. The summed E-state index contributed by atoms with van der Waals surface area (Å²) in [5, 5.41) is 20.8. The van der Waals surface area contributed by atoms with Crippen LogP contribution in [0, 0.1) is 16.0 Å². The van der Waals surface area contributed by atoms with E-state index in [0.29, 0.717) is 18.5 Å². The summed E-state index contributed by atoms with van der Waals surface area (Å²) in [6, 6.07) is 11.7. The fourth-order valence-corrected chi connectivity index (χ4v) is 4.18. The van der Waals surface area contributed by atoms with Crippen LogP contribution < -0.4 is 20.7 Å².